The molecule has 7 heteroatoms. The van der Waals surface area contributed by atoms with Crippen LogP contribution in [0.3, 0.4) is 0 Å². The Morgan fingerprint density at radius 3 is 2.61 bits per heavy atom. The average Bonchev–Trinajstić information content (AvgIpc) is 2.67. The summed E-state index contributed by atoms with van der Waals surface area (Å²) in [6.07, 6.45) is 0.160. The molecule has 1 amide bonds. The number of rotatable bonds is 7. The number of halogens is 1. The van der Waals surface area contributed by atoms with E-state index in [0.717, 1.165) is 0 Å². The molecule has 6 nitrogen and oxygen atoms in total. The Kier molecular flexibility index (Phi) is 6.03. The lowest BCUT2D eigenvalue weighted by Crippen LogP contribution is -2.38. The topological polar surface area (TPSA) is 75.3 Å². The zero-order valence-corrected chi connectivity index (χ0v) is 15.8. The molecule has 1 N–H and O–H groups in total. The number of ether oxygens (including phenoxy) is 1. The third kappa shape index (κ3) is 4.73. The first-order valence-electron chi connectivity index (χ1n) is 9.10. The third-order valence-electron chi connectivity index (χ3n) is 4.32. The van der Waals surface area contributed by atoms with Gasteiger partial charge in [0.1, 0.15) is 17.4 Å². The van der Waals surface area contributed by atoms with Crippen molar-refractivity contribution in [3.05, 3.63) is 70.5 Å². The van der Waals surface area contributed by atoms with Crippen molar-refractivity contribution in [1.82, 2.24) is 14.9 Å². The molecule has 28 heavy (non-hydrogen) atoms. The van der Waals surface area contributed by atoms with Gasteiger partial charge >= 0.3 is 0 Å². The fraction of sp³-hybridized carbons (Fsp3) is 0.286. The summed E-state index contributed by atoms with van der Waals surface area (Å²) < 4.78 is 18.4. The van der Waals surface area contributed by atoms with Gasteiger partial charge in [0.15, 0.2) is 0 Å². The largest absolute Gasteiger partial charge is 0.493 e. The molecule has 0 radical (unpaired) electrons. The van der Waals surface area contributed by atoms with Crippen LogP contribution in [0, 0.1) is 5.82 Å². The van der Waals surface area contributed by atoms with Crippen LogP contribution in [0.4, 0.5) is 4.39 Å². The lowest BCUT2D eigenvalue weighted by atomic mass is 10.2. The number of carbonyl (C=O) groups excluding carboxylic acids is 1. The summed E-state index contributed by atoms with van der Waals surface area (Å²) in [4.78, 5) is 33.7. The summed E-state index contributed by atoms with van der Waals surface area (Å²) in [5.41, 5.74) is 0.369. The second-order valence-corrected chi connectivity index (χ2v) is 6.70. The molecule has 0 aliphatic heterocycles. The Morgan fingerprint density at radius 2 is 1.89 bits per heavy atom. The average molecular weight is 383 g/mol. The number of carbonyl (C=O) groups is 1. The van der Waals surface area contributed by atoms with E-state index in [2.05, 4.69) is 9.97 Å². The Labute approximate surface area is 162 Å². The number of benzene rings is 2. The maximum atomic E-state index is 12.9. The Hall–Kier alpha value is -3.22. The van der Waals surface area contributed by atoms with Gasteiger partial charge in [-0.2, -0.15) is 0 Å². The number of fused-ring (bicyclic) bond motifs is 1. The number of H-pyrrole nitrogens is 1. The molecule has 0 bridgehead atoms. The van der Waals surface area contributed by atoms with Crippen LogP contribution in [-0.4, -0.2) is 33.4 Å². The van der Waals surface area contributed by atoms with E-state index in [0.29, 0.717) is 22.5 Å². The Bertz CT molecular complexity index is 1020. The van der Waals surface area contributed by atoms with Gasteiger partial charge in [-0.25, -0.2) is 9.37 Å². The van der Waals surface area contributed by atoms with Gasteiger partial charge < -0.3 is 14.6 Å². The van der Waals surface area contributed by atoms with E-state index in [-0.39, 0.29) is 42.9 Å². The first-order chi connectivity index (χ1) is 13.4. The molecular formula is C21H22FN3O3. The van der Waals surface area contributed by atoms with Crippen LogP contribution in [0.2, 0.25) is 0 Å². The summed E-state index contributed by atoms with van der Waals surface area (Å²) in [5.74, 6) is 0.482. The summed E-state index contributed by atoms with van der Waals surface area (Å²) in [6, 6.07) is 12.7. The molecule has 3 aromatic rings. The molecule has 0 atom stereocenters. The second-order valence-electron chi connectivity index (χ2n) is 6.70. The molecule has 0 aliphatic rings. The van der Waals surface area contributed by atoms with E-state index in [1.807, 2.05) is 19.9 Å². The quantitative estimate of drug-likeness (QED) is 0.679. The summed E-state index contributed by atoms with van der Waals surface area (Å²) in [5, 5.41) is 0.515. The van der Waals surface area contributed by atoms with Crippen molar-refractivity contribution in [2.45, 2.75) is 32.9 Å². The molecule has 1 aromatic heterocycles. The minimum atomic E-state index is -0.341. The third-order valence-corrected chi connectivity index (χ3v) is 4.32. The highest BCUT2D eigenvalue weighted by Crippen LogP contribution is 2.13. The van der Waals surface area contributed by atoms with E-state index in [1.165, 1.54) is 24.3 Å². The lowest BCUT2D eigenvalue weighted by Gasteiger charge is -2.26. The fourth-order valence-corrected chi connectivity index (χ4v) is 2.86. The van der Waals surface area contributed by atoms with Crippen LogP contribution >= 0.6 is 0 Å². The Balaban J connectivity index is 1.66. The molecular weight excluding hydrogens is 361 g/mol. The van der Waals surface area contributed by atoms with Gasteiger partial charge in [0.05, 0.1) is 30.5 Å². The normalized spacial score (nSPS) is 11.0. The van der Waals surface area contributed by atoms with Crippen LogP contribution in [0.15, 0.2) is 53.3 Å². The van der Waals surface area contributed by atoms with Crippen molar-refractivity contribution in [1.29, 1.82) is 0 Å². The molecule has 0 saturated heterocycles. The number of nitrogens with one attached hydrogen (secondary N) is 1. The van der Waals surface area contributed by atoms with Gasteiger partial charge in [-0.1, -0.05) is 12.1 Å². The van der Waals surface area contributed by atoms with Crippen molar-refractivity contribution >= 4 is 16.8 Å². The molecule has 0 saturated carbocycles. The van der Waals surface area contributed by atoms with Crippen molar-refractivity contribution < 1.29 is 13.9 Å². The van der Waals surface area contributed by atoms with Crippen LogP contribution in [-0.2, 0) is 11.3 Å². The molecule has 2 aromatic carbocycles. The SMILES string of the molecule is CC(C)N(Cc1nc2ccccc2c(=O)[nH]1)C(=O)CCOc1ccc(F)cc1. The minimum Gasteiger partial charge on any atom is -0.493 e. The molecule has 0 fully saturated rings. The lowest BCUT2D eigenvalue weighted by molar-refractivity contribution is -0.134. The fourth-order valence-electron chi connectivity index (χ4n) is 2.86. The van der Waals surface area contributed by atoms with Crippen LogP contribution in [0.1, 0.15) is 26.1 Å². The van der Waals surface area contributed by atoms with Gasteiger partial charge in [0.2, 0.25) is 5.91 Å². The number of hydrogen-bond donors (Lipinski definition) is 1. The summed E-state index contributed by atoms with van der Waals surface area (Å²) in [6.45, 7) is 4.18. The zero-order valence-electron chi connectivity index (χ0n) is 15.8. The highest BCUT2D eigenvalue weighted by molar-refractivity contribution is 5.78. The molecule has 1 heterocycles. The van der Waals surface area contributed by atoms with E-state index < -0.39 is 0 Å². The maximum absolute atomic E-state index is 12.9. The van der Waals surface area contributed by atoms with Gasteiger partial charge in [0.25, 0.3) is 5.56 Å². The molecule has 0 spiro atoms. The van der Waals surface area contributed by atoms with Crippen LogP contribution in [0.25, 0.3) is 10.9 Å². The maximum Gasteiger partial charge on any atom is 0.258 e. The van der Waals surface area contributed by atoms with Crippen molar-refractivity contribution in [3.63, 3.8) is 0 Å². The van der Waals surface area contributed by atoms with Crippen LogP contribution < -0.4 is 10.3 Å². The first kappa shape index (κ1) is 19.5. The van der Waals surface area contributed by atoms with Gasteiger partial charge in [0, 0.05) is 6.04 Å². The van der Waals surface area contributed by atoms with Crippen LogP contribution in [0.5, 0.6) is 5.75 Å². The van der Waals surface area contributed by atoms with E-state index >= 15 is 0 Å². The standard InChI is InChI=1S/C21H22FN3O3/c1-14(2)25(20(26)11-12-28-16-9-7-15(22)8-10-16)13-19-23-18-6-4-3-5-17(18)21(27)24-19/h3-10,14H,11-13H2,1-2H3,(H,23,24,27). The van der Waals surface area contributed by atoms with Gasteiger partial charge in [-0.05, 0) is 50.2 Å². The van der Waals surface area contributed by atoms with Crippen molar-refractivity contribution in [3.8, 4) is 5.75 Å². The van der Waals surface area contributed by atoms with Gasteiger partial charge in [-0.3, -0.25) is 9.59 Å². The number of aromatic amines is 1. The highest BCUT2D eigenvalue weighted by Gasteiger charge is 2.19. The number of hydrogen-bond acceptors (Lipinski definition) is 4. The number of aromatic nitrogens is 2. The second kappa shape index (κ2) is 8.65. The summed E-state index contributed by atoms with van der Waals surface area (Å²) in [7, 11) is 0. The Morgan fingerprint density at radius 1 is 1.18 bits per heavy atom. The van der Waals surface area contributed by atoms with E-state index in [4.69, 9.17) is 4.74 Å². The predicted octanol–water partition coefficient (Wildman–Crippen LogP) is 3.27. The highest BCUT2D eigenvalue weighted by atomic mass is 19.1. The van der Waals surface area contributed by atoms with E-state index in [1.54, 1.807) is 23.1 Å². The number of amides is 1. The molecule has 0 unspecified atom stereocenters. The molecule has 0 aliphatic carbocycles. The molecule has 146 valence electrons. The number of nitrogens with zero attached hydrogens (tertiary/aromatic N) is 2. The number of para-hydroxylation sites is 1. The smallest absolute Gasteiger partial charge is 0.258 e. The van der Waals surface area contributed by atoms with Gasteiger partial charge in [-0.15, -0.1) is 0 Å². The minimum absolute atomic E-state index is 0.0740. The first-order valence-corrected chi connectivity index (χ1v) is 9.10. The monoisotopic (exact) mass is 383 g/mol. The zero-order chi connectivity index (χ0) is 20.1. The van der Waals surface area contributed by atoms with Crippen molar-refractivity contribution in [2.75, 3.05) is 6.61 Å². The van der Waals surface area contributed by atoms with E-state index in [9.17, 15) is 14.0 Å². The van der Waals surface area contributed by atoms with Crippen molar-refractivity contribution in [2.24, 2.45) is 0 Å². The predicted molar refractivity (Wildman–Crippen MR) is 105 cm³/mol. The summed E-state index contributed by atoms with van der Waals surface area (Å²) >= 11 is 0. The molecule has 3 rings (SSSR count).